The Morgan fingerprint density at radius 2 is 1.88 bits per heavy atom. The van der Waals surface area contributed by atoms with Gasteiger partial charge < -0.3 is 19.2 Å². The average Bonchev–Trinajstić information content (AvgIpc) is 2.98. The second kappa shape index (κ2) is 7.40. The van der Waals surface area contributed by atoms with Crippen molar-refractivity contribution in [3.8, 4) is 5.75 Å². The first-order valence-corrected chi connectivity index (χ1v) is 8.16. The summed E-state index contributed by atoms with van der Waals surface area (Å²) in [7, 11) is 1.60. The van der Waals surface area contributed by atoms with E-state index in [9.17, 15) is 9.90 Å². The topological polar surface area (TPSA) is 62.9 Å². The van der Waals surface area contributed by atoms with Crippen molar-refractivity contribution >= 4 is 16.9 Å². The number of ether oxygens (including phenoxy) is 1. The Morgan fingerprint density at radius 1 is 1.16 bits per heavy atom. The molecule has 130 valence electrons. The Hall–Kier alpha value is -2.79. The number of amides is 1. The second-order valence-electron chi connectivity index (χ2n) is 5.81. The molecule has 2 aromatic carbocycles. The number of hydrogen-bond acceptors (Lipinski definition) is 4. The van der Waals surface area contributed by atoms with Crippen LogP contribution >= 0.6 is 0 Å². The van der Waals surface area contributed by atoms with Gasteiger partial charge >= 0.3 is 0 Å². The lowest BCUT2D eigenvalue weighted by Gasteiger charge is -2.22. The van der Waals surface area contributed by atoms with Gasteiger partial charge in [-0.1, -0.05) is 36.4 Å². The minimum Gasteiger partial charge on any atom is -0.496 e. The molecule has 1 aromatic heterocycles. The Bertz CT molecular complexity index is 884. The van der Waals surface area contributed by atoms with Crippen molar-refractivity contribution < 1.29 is 19.1 Å². The van der Waals surface area contributed by atoms with Crippen LogP contribution in [0.4, 0.5) is 0 Å². The number of aliphatic hydroxyl groups is 1. The zero-order chi connectivity index (χ0) is 17.8. The van der Waals surface area contributed by atoms with Gasteiger partial charge in [-0.25, -0.2) is 0 Å². The van der Waals surface area contributed by atoms with E-state index in [0.29, 0.717) is 23.6 Å². The standard InChI is InChI=1S/C20H21NO4/c1-14-16-8-4-6-10-18(16)25-19(14)20(23)21(11-12-22)13-15-7-3-5-9-17(15)24-2/h3-10,22H,11-13H2,1-2H3. The van der Waals surface area contributed by atoms with Crippen LogP contribution in [-0.4, -0.2) is 36.2 Å². The van der Waals surface area contributed by atoms with Crippen LogP contribution in [-0.2, 0) is 6.54 Å². The van der Waals surface area contributed by atoms with Crippen molar-refractivity contribution in [3.63, 3.8) is 0 Å². The zero-order valence-electron chi connectivity index (χ0n) is 14.4. The molecule has 0 fully saturated rings. The molecule has 0 radical (unpaired) electrons. The van der Waals surface area contributed by atoms with E-state index in [1.54, 1.807) is 12.0 Å². The highest BCUT2D eigenvalue weighted by atomic mass is 16.5. The second-order valence-corrected chi connectivity index (χ2v) is 5.81. The highest BCUT2D eigenvalue weighted by molar-refractivity contribution is 5.98. The number of furan rings is 1. The molecule has 0 spiro atoms. The highest BCUT2D eigenvalue weighted by Crippen LogP contribution is 2.27. The van der Waals surface area contributed by atoms with Crippen LogP contribution in [0.5, 0.6) is 5.75 Å². The third-order valence-electron chi connectivity index (χ3n) is 4.25. The Labute approximate surface area is 146 Å². The van der Waals surface area contributed by atoms with E-state index in [1.165, 1.54) is 0 Å². The van der Waals surface area contributed by atoms with Gasteiger partial charge in [-0.15, -0.1) is 0 Å². The fourth-order valence-electron chi connectivity index (χ4n) is 2.93. The van der Waals surface area contributed by atoms with E-state index >= 15 is 0 Å². The SMILES string of the molecule is COc1ccccc1CN(CCO)C(=O)c1oc2ccccc2c1C. The van der Waals surface area contributed by atoms with Gasteiger partial charge in [0.15, 0.2) is 5.76 Å². The molecule has 0 aliphatic rings. The molecule has 0 saturated heterocycles. The van der Waals surface area contributed by atoms with Crippen molar-refractivity contribution in [1.82, 2.24) is 4.90 Å². The number of benzene rings is 2. The molecule has 3 aromatic rings. The Balaban J connectivity index is 1.94. The normalized spacial score (nSPS) is 10.8. The number of carbonyl (C=O) groups is 1. The maximum absolute atomic E-state index is 13.0. The first kappa shape index (κ1) is 17.0. The van der Waals surface area contributed by atoms with E-state index in [2.05, 4.69) is 0 Å². The predicted octanol–water partition coefficient (Wildman–Crippen LogP) is 3.38. The van der Waals surface area contributed by atoms with E-state index in [4.69, 9.17) is 9.15 Å². The van der Waals surface area contributed by atoms with Crippen LogP contribution in [0.2, 0.25) is 0 Å². The van der Waals surface area contributed by atoms with Crippen molar-refractivity contribution in [2.24, 2.45) is 0 Å². The fraction of sp³-hybridized carbons (Fsp3) is 0.250. The third-order valence-corrected chi connectivity index (χ3v) is 4.25. The summed E-state index contributed by atoms with van der Waals surface area (Å²) in [6.45, 7) is 2.30. The van der Waals surface area contributed by atoms with E-state index in [-0.39, 0.29) is 19.1 Å². The summed E-state index contributed by atoms with van der Waals surface area (Å²) >= 11 is 0. The minimum atomic E-state index is -0.242. The van der Waals surface area contributed by atoms with Gasteiger partial charge in [-0.3, -0.25) is 4.79 Å². The lowest BCUT2D eigenvalue weighted by molar-refractivity contribution is 0.0676. The Kier molecular flexibility index (Phi) is 5.05. The number of aryl methyl sites for hydroxylation is 1. The largest absolute Gasteiger partial charge is 0.496 e. The summed E-state index contributed by atoms with van der Waals surface area (Å²) in [4.78, 5) is 14.6. The van der Waals surface area contributed by atoms with Crippen LogP contribution < -0.4 is 4.74 Å². The van der Waals surface area contributed by atoms with Crippen molar-refractivity contribution in [2.75, 3.05) is 20.3 Å². The van der Waals surface area contributed by atoms with Crippen LogP contribution in [0.3, 0.4) is 0 Å². The lowest BCUT2D eigenvalue weighted by atomic mass is 10.1. The van der Waals surface area contributed by atoms with Crippen molar-refractivity contribution in [1.29, 1.82) is 0 Å². The van der Waals surface area contributed by atoms with Gasteiger partial charge in [0.05, 0.1) is 13.7 Å². The lowest BCUT2D eigenvalue weighted by Crippen LogP contribution is -2.33. The summed E-state index contributed by atoms with van der Waals surface area (Å²) < 4.78 is 11.1. The first-order chi connectivity index (χ1) is 12.2. The average molecular weight is 339 g/mol. The van der Waals surface area contributed by atoms with E-state index < -0.39 is 0 Å². The predicted molar refractivity (Wildman–Crippen MR) is 95.8 cm³/mol. The van der Waals surface area contributed by atoms with E-state index in [1.807, 2.05) is 55.5 Å². The summed E-state index contributed by atoms with van der Waals surface area (Å²) in [6.07, 6.45) is 0. The van der Waals surface area contributed by atoms with Crippen molar-refractivity contribution in [2.45, 2.75) is 13.5 Å². The maximum atomic E-state index is 13.0. The fourth-order valence-corrected chi connectivity index (χ4v) is 2.93. The summed E-state index contributed by atoms with van der Waals surface area (Å²) in [6, 6.07) is 15.1. The summed E-state index contributed by atoms with van der Waals surface area (Å²) in [5.41, 5.74) is 2.37. The molecule has 1 N–H and O–H groups in total. The number of fused-ring (bicyclic) bond motifs is 1. The monoisotopic (exact) mass is 339 g/mol. The van der Waals surface area contributed by atoms with Gasteiger partial charge in [0, 0.05) is 29.6 Å². The molecule has 1 heterocycles. The van der Waals surface area contributed by atoms with Crippen LogP contribution in [0.1, 0.15) is 21.7 Å². The molecule has 25 heavy (non-hydrogen) atoms. The number of carbonyl (C=O) groups excluding carboxylic acids is 1. The van der Waals surface area contributed by atoms with Gasteiger partial charge in [-0.05, 0) is 19.1 Å². The number of nitrogens with zero attached hydrogens (tertiary/aromatic N) is 1. The molecule has 5 nitrogen and oxygen atoms in total. The first-order valence-electron chi connectivity index (χ1n) is 8.16. The number of para-hydroxylation sites is 2. The van der Waals surface area contributed by atoms with Crippen LogP contribution in [0.25, 0.3) is 11.0 Å². The molecule has 0 unspecified atom stereocenters. The van der Waals surface area contributed by atoms with Crippen molar-refractivity contribution in [3.05, 3.63) is 65.4 Å². The Morgan fingerprint density at radius 3 is 2.60 bits per heavy atom. The molecular weight excluding hydrogens is 318 g/mol. The van der Waals surface area contributed by atoms with Gasteiger partial charge in [0.2, 0.25) is 0 Å². The molecule has 0 bridgehead atoms. The van der Waals surface area contributed by atoms with Crippen LogP contribution in [0.15, 0.2) is 52.9 Å². The third kappa shape index (κ3) is 3.37. The summed E-state index contributed by atoms with van der Waals surface area (Å²) in [5, 5.41) is 10.3. The summed E-state index contributed by atoms with van der Waals surface area (Å²) in [5.74, 6) is 0.776. The van der Waals surface area contributed by atoms with E-state index in [0.717, 1.165) is 16.5 Å². The molecule has 3 rings (SSSR count). The highest BCUT2D eigenvalue weighted by Gasteiger charge is 2.23. The smallest absolute Gasteiger partial charge is 0.290 e. The molecular formula is C20H21NO4. The maximum Gasteiger partial charge on any atom is 0.290 e. The minimum absolute atomic E-state index is 0.125. The molecule has 0 aliphatic heterocycles. The van der Waals surface area contributed by atoms with Gasteiger partial charge in [0.25, 0.3) is 5.91 Å². The van der Waals surface area contributed by atoms with Gasteiger partial charge in [-0.2, -0.15) is 0 Å². The molecule has 5 heteroatoms. The molecule has 1 amide bonds. The molecule has 0 atom stereocenters. The number of hydrogen-bond donors (Lipinski definition) is 1. The number of methoxy groups -OCH3 is 1. The number of rotatable bonds is 6. The molecule has 0 saturated carbocycles. The van der Waals surface area contributed by atoms with Crippen LogP contribution in [0, 0.1) is 6.92 Å². The number of aliphatic hydroxyl groups excluding tert-OH is 1. The van der Waals surface area contributed by atoms with Gasteiger partial charge in [0.1, 0.15) is 11.3 Å². The zero-order valence-corrected chi connectivity index (χ0v) is 14.4. The quantitative estimate of drug-likeness (QED) is 0.748. The molecule has 0 aliphatic carbocycles.